The highest BCUT2D eigenvalue weighted by molar-refractivity contribution is 6.22. The van der Waals surface area contributed by atoms with Gasteiger partial charge < -0.3 is 4.42 Å². The Morgan fingerprint density at radius 3 is 1.58 bits per heavy atom. The summed E-state index contributed by atoms with van der Waals surface area (Å²) in [5, 5.41) is 8.80. The molecule has 11 aromatic rings. The van der Waals surface area contributed by atoms with Crippen molar-refractivity contribution >= 4 is 54.3 Å². The van der Waals surface area contributed by atoms with E-state index in [0.717, 1.165) is 76.7 Å². The van der Waals surface area contributed by atoms with Gasteiger partial charge in [0.25, 0.3) is 0 Å². The van der Waals surface area contributed by atoms with Gasteiger partial charge in [-0.3, -0.25) is 0 Å². The van der Waals surface area contributed by atoms with E-state index in [1.807, 2.05) is 18.2 Å². The van der Waals surface area contributed by atoms with E-state index in [9.17, 15) is 0 Å². The molecule has 0 amide bonds. The summed E-state index contributed by atoms with van der Waals surface area (Å²) in [6.45, 7) is 0. The summed E-state index contributed by atoms with van der Waals surface area (Å²) in [5.74, 6) is 1.82. The maximum Gasteiger partial charge on any atom is 0.164 e. The van der Waals surface area contributed by atoms with Gasteiger partial charge in [-0.25, -0.2) is 15.0 Å². The van der Waals surface area contributed by atoms with E-state index in [2.05, 4.69) is 170 Å². The van der Waals surface area contributed by atoms with Gasteiger partial charge >= 0.3 is 0 Å². The first-order valence-electron chi connectivity index (χ1n) is 18.5. The van der Waals surface area contributed by atoms with Crippen LogP contribution in [0.15, 0.2) is 192 Å². The summed E-state index contributed by atoms with van der Waals surface area (Å²) >= 11 is 0. The molecule has 2 heterocycles. The highest BCUT2D eigenvalue weighted by Crippen LogP contribution is 2.43. The Balaban J connectivity index is 1.14. The third-order valence-corrected chi connectivity index (χ3v) is 10.7. The lowest BCUT2D eigenvalue weighted by molar-refractivity contribution is 0.673. The van der Waals surface area contributed by atoms with Gasteiger partial charge in [0.05, 0.1) is 0 Å². The van der Waals surface area contributed by atoms with Gasteiger partial charge in [0, 0.05) is 32.8 Å². The average Bonchev–Trinajstić information content (AvgIpc) is 3.65. The first-order valence-corrected chi connectivity index (χ1v) is 18.5. The van der Waals surface area contributed by atoms with Gasteiger partial charge in [-0.1, -0.05) is 158 Å². The van der Waals surface area contributed by atoms with E-state index in [1.54, 1.807) is 0 Å². The molecule has 4 heteroatoms. The highest BCUT2D eigenvalue weighted by atomic mass is 16.3. The van der Waals surface area contributed by atoms with E-state index in [1.165, 1.54) is 16.5 Å². The molecule has 0 aliphatic rings. The normalized spacial score (nSPS) is 11.6. The molecule has 0 radical (unpaired) electrons. The Bertz CT molecular complexity index is 3260. The largest absolute Gasteiger partial charge is 0.455 e. The molecule has 2 aromatic heterocycles. The van der Waals surface area contributed by atoms with Crippen molar-refractivity contribution < 1.29 is 4.42 Å². The molecule has 0 N–H and O–H groups in total. The number of benzene rings is 9. The highest BCUT2D eigenvalue weighted by Gasteiger charge is 2.21. The van der Waals surface area contributed by atoms with Crippen molar-refractivity contribution in [1.82, 2.24) is 15.0 Å². The van der Waals surface area contributed by atoms with E-state index < -0.39 is 0 Å². The number of fused-ring (bicyclic) bond motifs is 7. The predicted octanol–water partition coefficient (Wildman–Crippen LogP) is 13.6. The Labute approximate surface area is 317 Å². The van der Waals surface area contributed by atoms with Crippen molar-refractivity contribution in [3.8, 4) is 56.4 Å². The van der Waals surface area contributed by atoms with E-state index in [-0.39, 0.29) is 0 Å². The lowest BCUT2D eigenvalue weighted by atomic mass is 9.94. The number of hydrogen-bond acceptors (Lipinski definition) is 4. The zero-order valence-corrected chi connectivity index (χ0v) is 29.6. The van der Waals surface area contributed by atoms with Crippen LogP contribution in [0, 0.1) is 0 Å². The van der Waals surface area contributed by atoms with Crippen LogP contribution in [0.2, 0.25) is 0 Å². The Hall–Kier alpha value is -7.43. The van der Waals surface area contributed by atoms with Crippen molar-refractivity contribution in [3.63, 3.8) is 0 Å². The number of furan rings is 1. The van der Waals surface area contributed by atoms with Crippen molar-refractivity contribution in [1.29, 1.82) is 0 Å². The molecule has 55 heavy (non-hydrogen) atoms. The number of rotatable bonds is 5. The minimum atomic E-state index is 0.593. The molecule has 4 nitrogen and oxygen atoms in total. The molecule has 11 rings (SSSR count). The van der Waals surface area contributed by atoms with Crippen molar-refractivity contribution in [3.05, 3.63) is 188 Å². The second-order valence-electron chi connectivity index (χ2n) is 14.0. The molecular weight excluding hydrogens is 671 g/mol. The first kappa shape index (κ1) is 31.1. The second kappa shape index (κ2) is 12.6. The van der Waals surface area contributed by atoms with Crippen LogP contribution in [0.25, 0.3) is 111 Å². The third-order valence-electron chi connectivity index (χ3n) is 10.7. The zero-order valence-electron chi connectivity index (χ0n) is 29.6. The van der Waals surface area contributed by atoms with Gasteiger partial charge in [-0.05, 0) is 79.5 Å². The van der Waals surface area contributed by atoms with Gasteiger partial charge in [0.15, 0.2) is 17.5 Å². The van der Waals surface area contributed by atoms with Crippen LogP contribution < -0.4 is 0 Å². The van der Waals surface area contributed by atoms with E-state index in [4.69, 9.17) is 19.4 Å². The van der Waals surface area contributed by atoms with Gasteiger partial charge in [-0.2, -0.15) is 0 Å². The van der Waals surface area contributed by atoms with Crippen LogP contribution in [-0.2, 0) is 0 Å². The molecular formula is C51H31N3O. The van der Waals surface area contributed by atoms with Crippen molar-refractivity contribution in [2.24, 2.45) is 0 Å². The fourth-order valence-electron chi connectivity index (χ4n) is 7.97. The second-order valence-corrected chi connectivity index (χ2v) is 14.0. The predicted molar refractivity (Wildman–Crippen MR) is 227 cm³/mol. The first-order chi connectivity index (χ1) is 27.2. The van der Waals surface area contributed by atoms with E-state index in [0.29, 0.717) is 17.5 Å². The monoisotopic (exact) mass is 701 g/mol. The maximum absolute atomic E-state index is 6.72. The standard InChI is InChI=1S/C51H31N3O/c1-3-12-32(13-4-1)36-23-24-38-30-40(27-25-37(38)28-36)50-52-49(39-26-22-33-14-7-8-17-35(33)29-39)53-51(54-50)43-20-11-21-46-47(43)45-31-44(34-15-5-2-6-16-34)41-18-9-10-19-42(41)48(45)55-46/h1-31H. The lowest BCUT2D eigenvalue weighted by Gasteiger charge is -2.11. The Morgan fingerprint density at radius 2 is 0.855 bits per heavy atom. The smallest absolute Gasteiger partial charge is 0.164 e. The molecule has 0 aliphatic heterocycles. The molecule has 0 spiro atoms. The lowest BCUT2D eigenvalue weighted by Crippen LogP contribution is -2.00. The Kier molecular flexibility index (Phi) is 7.14. The molecule has 0 bridgehead atoms. The summed E-state index contributed by atoms with van der Waals surface area (Å²) in [5.41, 5.74) is 9.08. The number of aromatic nitrogens is 3. The van der Waals surface area contributed by atoms with Crippen LogP contribution in [0.4, 0.5) is 0 Å². The van der Waals surface area contributed by atoms with Gasteiger partial charge in [0.2, 0.25) is 0 Å². The average molecular weight is 702 g/mol. The molecule has 0 unspecified atom stereocenters. The van der Waals surface area contributed by atoms with Crippen LogP contribution in [0.3, 0.4) is 0 Å². The molecule has 9 aromatic carbocycles. The molecule has 0 atom stereocenters. The van der Waals surface area contributed by atoms with Crippen molar-refractivity contribution in [2.75, 3.05) is 0 Å². The van der Waals surface area contributed by atoms with Crippen LogP contribution >= 0.6 is 0 Å². The molecule has 0 saturated carbocycles. The van der Waals surface area contributed by atoms with Crippen LogP contribution in [-0.4, -0.2) is 15.0 Å². The van der Waals surface area contributed by atoms with Crippen LogP contribution in [0.5, 0.6) is 0 Å². The molecule has 0 fully saturated rings. The van der Waals surface area contributed by atoms with E-state index >= 15 is 0 Å². The fourth-order valence-corrected chi connectivity index (χ4v) is 7.97. The Morgan fingerprint density at radius 1 is 0.309 bits per heavy atom. The maximum atomic E-state index is 6.72. The zero-order chi connectivity index (χ0) is 36.3. The van der Waals surface area contributed by atoms with Crippen LogP contribution in [0.1, 0.15) is 0 Å². The molecule has 256 valence electrons. The molecule has 0 aliphatic carbocycles. The molecule has 0 saturated heterocycles. The SMILES string of the molecule is c1ccc(-c2ccc3cc(-c4nc(-c5ccc6ccccc6c5)nc(-c5cccc6oc7c8ccccc8c(-c8ccccc8)cc7c56)n4)ccc3c2)cc1. The minimum absolute atomic E-state index is 0.593. The summed E-state index contributed by atoms with van der Waals surface area (Å²) in [4.78, 5) is 15.6. The summed E-state index contributed by atoms with van der Waals surface area (Å²) in [7, 11) is 0. The third kappa shape index (κ3) is 5.34. The van der Waals surface area contributed by atoms with Gasteiger partial charge in [0.1, 0.15) is 11.2 Å². The summed E-state index contributed by atoms with van der Waals surface area (Å²) in [6, 6.07) is 65.8. The fraction of sp³-hybridized carbons (Fsp3) is 0. The number of nitrogens with zero attached hydrogens (tertiary/aromatic N) is 3. The summed E-state index contributed by atoms with van der Waals surface area (Å²) in [6.07, 6.45) is 0. The topological polar surface area (TPSA) is 51.8 Å². The quantitative estimate of drug-likeness (QED) is 0.179. The van der Waals surface area contributed by atoms with Crippen molar-refractivity contribution in [2.45, 2.75) is 0 Å². The van der Waals surface area contributed by atoms with Gasteiger partial charge in [-0.15, -0.1) is 0 Å². The summed E-state index contributed by atoms with van der Waals surface area (Å²) < 4.78 is 6.72. The number of hydrogen-bond donors (Lipinski definition) is 0. The minimum Gasteiger partial charge on any atom is -0.455 e.